The van der Waals surface area contributed by atoms with Crippen LogP contribution in [0.2, 0.25) is 0 Å². The number of rotatable bonds is 4. The summed E-state index contributed by atoms with van der Waals surface area (Å²) in [6, 6.07) is 15.3. The molecule has 8 heteroatoms. The Morgan fingerprint density at radius 1 is 1.03 bits per heavy atom. The molecule has 0 aliphatic carbocycles. The van der Waals surface area contributed by atoms with Gasteiger partial charge in [0.2, 0.25) is 0 Å². The van der Waals surface area contributed by atoms with Crippen LogP contribution in [0, 0.1) is 0 Å². The second-order valence-corrected chi connectivity index (χ2v) is 7.61. The highest BCUT2D eigenvalue weighted by Gasteiger charge is 2.18. The maximum absolute atomic E-state index is 12.8. The van der Waals surface area contributed by atoms with Crippen molar-refractivity contribution in [3.8, 4) is 0 Å². The molecule has 0 saturated heterocycles. The Hall–Kier alpha value is -3.52. The molecule has 0 bridgehead atoms. The van der Waals surface area contributed by atoms with Gasteiger partial charge < -0.3 is 5.32 Å². The second kappa shape index (κ2) is 8.66. The van der Waals surface area contributed by atoms with Crippen LogP contribution in [0.1, 0.15) is 25.8 Å². The topological polar surface area (TPSA) is 94.0 Å². The third-order valence-corrected chi connectivity index (χ3v) is 5.56. The average Bonchev–Trinajstić information content (AvgIpc) is 3.25. The fourth-order valence-electron chi connectivity index (χ4n) is 2.61. The number of nitrogens with zero attached hydrogens (tertiary/aromatic N) is 3. The number of pyridine rings is 2. The largest absolute Gasteiger partial charge is 0.319 e. The molecule has 0 unspecified atom stereocenters. The second-order valence-electron chi connectivity index (χ2n) is 5.77. The van der Waals surface area contributed by atoms with Crippen LogP contribution >= 0.6 is 0 Å². The Labute approximate surface area is 170 Å². The van der Waals surface area contributed by atoms with Crippen molar-refractivity contribution >= 4 is 32.5 Å². The van der Waals surface area contributed by atoms with E-state index in [1.165, 1.54) is 30.9 Å². The molecule has 0 fully saturated rings. The van der Waals surface area contributed by atoms with E-state index in [-0.39, 0.29) is 12.0 Å². The number of nitrogens with one attached hydrogen (secondary N) is 1. The van der Waals surface area contributed by atoms with Crippen LogP contribution in [0.4, 0.5) is 5.69 Å². The number of carbonyl (C=O) groups is 1. The molecule has 150 valence electrons. The Balaban J connectivity index is 0.00000104. The number of fused-ring (bicyclic) bond motifs is 1. The van der Waals surface area contributed by atoms with E-state index in [2.05, 4.69) is 15.3 Å². The quantitative estimate of drug-likeness (QED) is 0.544. The highest BCUT2D eigenvalue weighted by atomic mass is 32.2. The highest BCUT2D eigenvalue weighted by Crippen LogP contribution is 2.20. The Bertz CT molecular complexity index is 1240. The number of anilines is 1. The molecule has 29 heavy (non-hydrogen) atoms. The predicted molar refractivity (Wildman–Crippen MR) is 114 cm³/mol. The van der Waals surface area contributed by atoms with E-state index in [4.69, 9.17) is 0 Å². The molecule has 4 rings (SSSR count). The van der Waals surface area contributed by atoms with Gasteiger partial charge in [0.15, 0.2) is 0 Å². The van der Waals surface area contributed by atoms with Crippen LogP contribution in [0.15, 0.2) is 84.3 Å². The molecule has 4 aromatic rings. The monoisotopic (exact) mass is 410 g/mol. The average molecular weight is 410 g/mol. The van der Waals surface area contributed by atoms with Gasteiger partial charge in [0.05, 0.1) is 11.2 Å². The van der Waals surface area contributed by atoms with Gasteiger partial charge in [0.25, 0.3) is 15.9 Å². The zero-order valence-corrected chi connectivity index (χ0v) is 16.8. The lowest BCUT2D eigenvalue weighted by molar-refractivity contribution is 0.102. The van der Waals surface area contributed by atoms with Crippen molar-refractivity contribution < 1.29 is 14.6 Å². The van der Waals surface area contributed by atoms with Crippen molar-refractivity contribution in [2.75, 3.05) is 5.32 Å². The van der Waals surface area contributed by atoms with Gasteiger partial charge >= 0.3 is 0 Å². The van der Waals surface area contributed by atoms with Crippen molar-refractivity contribution in [1.29, 1.82) is 0 Å². The lowest BCUT2D eigenvalue weighted by Crippen LogP contribution is -2.14. The predicted octanol–water partition coefficient (Wildman–Crippen LogP) is 4.19. The summed E-state index contributed by atoms with van der Waals surface area (Å²) in [5, 5.41) is 3.36. The van der Waals surface area contributed by atoms with Gasteiger partial charge in [0.1, 0.15) is 10.6 Å². The van der Waals surface area contributed by atoms with Crippen molar-refractivity contribution in [2.24, 2.45) is 0 Å². The number of hydrogen-bond acceptors (Lipinski definition) is 5. The van der Waals surface area contributed by atoms with E-state index in [0.717, 1.165) is 9.36 Å². The van der Waals surface area contributed by atoms with E-state index >= 15 is 0 Å². The molecule has 0 saturated carbocycles. The summed E-state index contributed by atoms with van der Waals surface area (Å²) in [6.07, 6.45) is 5.55. The van der Waals surface area contributed by atoms with Crippen LogP contribution in [0.25, 0.3) is 10.9 Å². The standard InChI is InChI=1S/C19H14N4O3S.C2H6.H2/c24-19(18-7-3-4-9-20-18)22-15-8-10-23(13-15)27(25,26)16-11-14-5-1-2-6-17(14)21-12-16;1-2;/h1-13H,(H,22,24);1-2H3;1H. The first-order chi connectivity index (χ1) is 14.0. The molecular weight excluding hydrogens is 388 g/mol. The normalized spacial score (nSPS) is 10.8. The van der Waals surface area contributed by atoms with Crippen molar-refractivity contribution in [2.45, 2.75) is 18.7 Å². The number of aromatic nitrogens is 3. The maximum atomic E-state index is 12.8. The molecule has 1 N–H and O–H groups in total. The Morgan fingerprint density at radius 3 is 2.55 bits per heavy atom. The lowest BCUT2D eigenvalue weighted by Gasteiger charge is -2.06. The molecule has 0 aliphatic heterocycles. The summed E-state index contributed by atoms with van der Waals surface area (Å²) in [5.41, 5.74) is 1.31. The first-order valence-electron chi connectivity index (χ1n) is 9.05. The molecule has 1 amide bonds. The van der Waals surface area contributed by atoms with Gasteiger partial charge in [-0.2, -0.15) is 0 Å². The minimum atomic E-state index is -3.82. The number of benzene rings is 1. The number of para-hydroxylation sites is 1. The molecule has 0 spiro atoms. The maximum Gasteiger partial charge on any atom is 0.274 e. The summed E-state index contributed by atoms with van der Waals surface area (Å²) in [7, 11) is -3.82. The molecule has 3 heterocycles. The van der Waals surface area contributed by atoms with Crippen LogP contribution in [-0.2, 0) is 10.0 Å². The number of hydrogen-bond donors (Lipinski definition) is 1. The molecule has 7 nitrogen and oxygen atoms in total. The Morgan fingerprint density at radius 2 is 1.79 bits per heavy atom. The number of carbonyl (C=O) groups excluding carboxylic acids is 1. The van der Waals surface area contributed by atoms with E-state index in [0.29, 0.717) is 11.2 Å². The third kappa shape index (κ3) is 4.33. The zero-order chi connectivity index (χ0) is 20.9. The SMILES string of the molecule is CC.O=C(Nc1ccn(S(=O)(=O)c2cnc3ccccc3c2)c1)c1ccccn1.[HH]. The van der Waals surface area contributed by atoms with Crippen LogP contribution in [0.5, 0.6) is 0 Å². The van der Waals surface area contributed by atoms with E-state index in [1.54, 1.807) is 30.3 Å². The first-order valence-corrected chi connectivity index (χ1v) is 10.5. The van der Waals surface area contributed by atoms with E-state index in [1.807, 2.05) is 32.0 Å². The summed E-state index contributed by atoms with van der Waals surface area (Å²) in [4.78, 5) is 20.4. The molecule has 3 aromatic heterocycles. The lowest BCUT2D eigenvalue weighted by atomic mass is 10.2. The molecule has 0 radical (unpaired) electrons. The van der Waals surface area contributed by atoms with Crippen LogP contribution in [0.3, 0.4) is 0 Å². The third-order valence-electron chi connectivity index (χ3n) is 3.96. The molecule has 1 aromatic carbocycles. The van der Waals surface area contributed by atoms with Gasteiger partial charge in [-0.15, -0.1) is 0 Å². The molecular formula is C21H22N4O3S. The van der Waals surface area contributed by atoms with Gasteiger partial charge in [-0.05, 0) is 30.3 Å². The number of amides is 1. The Kier molecular flexibility index (Phi) is 6.04. The minimum Gasteiger partial charge on any atom is -0.319 e. The zero-order valence-electron chi connectivity index (χ0n) is 16.0. The van der Waals surface area contributed by atoms with Crippen molar-refractivity contribution in [3.63, 3.8) is 0 Å². The fourth-order valence-corrected chi connectivity index (χ4v) is 3.78. The van der Waals surface area contributed by atoms with Gasteiger partial charge in [-0.1, -0.05) is 38.1 Å². The van der Waals surface area contributed by atoms with Crippen LogP contribution in [-0.4, -0.2) is 28.3 Å². The van der Waals surface area contributed by atoms with Crippen LogP contribution < -0.4 is 5.32 Å². The van der Waals surface area contributed by atoms with Crippen molar-refractivity contribution in [3.05, 3.63) is 85.1 Å². The van der Waals surface area contributed by atoms with Gasteiger partial charge in [-0.3, -0.25) is 14.8 Å². The summed E-state index contributed by atoms with van der Waals surface area (Å²) in [5.74, 6) is -0.418. The fraction of sp³-hybridized carbons (Fsp3) is 0.0952. The molecule has 0 aliphatic rings. The van der Waals surface area contributed by atoms with Crippen molar-refractivity contribution in [1.82, 2.24) is 13.9 Å². The minimum absolute atomic E-state index is 0. The summed E-state index contributed by atoms with van der Waals surface area (Å²) in [6.45, 7) is 4.00. The van der Waals surface area contributed by atoms with E-state index in [9.17, 15) is 13.2 Å². The highest BCUT2D eigenvalue weighted by molar-refractivity contribution is 7.90. The summed E-state index contributed by atoms with van der Waals surface area (Å²) < 4.78 is 26.7. The first kappa shape index (κ1) is 20.2. The van der Waals surface area contributed by atoms with E-state index < -0.39 is 15.9 Å². The smallest absolute Gasteiger partial charge is 0.274 e. The summed E-state index contributed by atoms with van der Waals surface area (Å²) >= 11 is 0. The van der Waals surface area contributed by atoms with Gasteiger partial charge in [0, 0.05) is 31.6 Å². The molecule has 0 atom stereocenters. The van der Waals surface area contributed by atoms with Gasteiger partial charge in [-0.25, -0.2) is 12.4 Å².